The van der Waals surface area contributed by atoms with E-state index in [1.807, 2.05) is 18.2 Å². The summed E-state index contributed by atoms with van der Waals surface area (Å²) in [7, 11) is 0. The number of benzene rings is 3. The molecular weight excluding hydrogens is 368 g/mol. The van der Waals surface area contributed by atoms with Crippen molar-refractivity contribution < 1.29 is 5.11 Å². The fourth-order valence-electron chi connectivity index (χ4n) is 3.59. The van der Waals surface area contributed by atoms with Gasteiger partial charge in [0.1, 0.15) is 5.82 Å². The Morgan fingerprint density at radius 2 is 1.37 bits per heavy atom. The molecule has 0 aliphatic heterocycles. The molecule has 1 heterocycles. The fraction of sp³-hybridized carbons (Fsp3) is 0.148. The topological polar surface area (TPSA) is 45.2 Å². The van der Waals surface area contributed by atoms with E-state index in [0.717, 1.165) is 28.1 Å². The minimum absolute atomic E-state index is 0.122. The van der Waals surface area contributed by atoms with Gasteiger partial charge in [0.25, 0.3) is 0 Å². The van der Waals surface area contributed by atoms with Gasteiger partial charge < -0.3 is 10.4 Å². The second-order valence-corrected chi connectivity index (χ2v) is 7.61. The standard InChI is InChI=1S/C27H26N2O/c1-19-8-12-22(13-9-19)24-16-26(28-17-21-6-4-3-5-7-21)29-25(18-30)27(24)23-14-10-20(2)11-15-23/h3-16,30H,17-18H2,1-2H3,(H,28,29). The van der Waals surface area contributed by atoms with Crippen LogP contribution in [-0.2, 0) is 13.2 Å². The molecule has 0 aliphatic rings. The zero-order valence-corrected chi connectivity index (χ0v) is 17.4. The Morgan fingerprint density at radius 3 is 1.97 bits per heavy atom. The largest absolute Gasteiger partial charge is 0.390 e. The molecule has 0 amide bonds. The minimum Gasteiger partial charge on any atom is -0.390 e. The summed E-state index contributed by atoms with van der Waals surface area (Å²) >= 11 is 0. The van der Waals surface area contributed by atoms with Gasteiger partial charge in [0.2, 0.25) is 0 Å². The number of aryl methyl sites for hydroxylation is 2. The average molecular weight is 395 g/mol. The van der Waals surface area contributed by atoms with E-state index in [4.69, 9.17) is 4.98 Å². The van der Waals surface area contributed by atoms with E-state index in [0.29, 0.717) is 12.2 Å². The van der Waals surface area contributed by atoms with Gasteiger partial charge in [-0.1, -0.05) is 90.0 Å². The number of aromatic nitrogens is 1. The molecule has 150 valence electrons. The third-order valence-electron chi connectivity index (χ3n) is 5.26. The molecule has 4 aromatic rings. The number of rotatable bonds is 6. The van der Waals surface area contributed by atoms with Crippen LogP contribution in [0.3, 0.4) is 0 Å². The van der Waals surface area contributed by atoms with Gasteiger partial charge in [-0.3, -0.25) is 0 Å². The van der Waals surface area contributed by atoms with Crippen LogP contribution in [0.25, 0.3) is 22.3 Å². The van der Waals surface area contributed by atoms with Gasteiger partial charge in [0.15, 0.2) is 0 Å². The predicted octanol–water partition coefficient (Wildman–Crippen LogP) is 6.14. The summed E-state index contributed by atoms with van der Waals surface area (Å²) in [5, 5.41) is 13.6. The van der Waals surface area contributed by atoms with E-state index in [-0.39, 0.29) is 6.61 Å². The lowest BCUT2D eigenvalue weighted by molar-refractivity contribution is 0.277. The molecule has 0 radical (unpaired) electrons. The van der Waals surface area contributed by atoms with Crippen LogP contribution >= 0.6 is 0 Å². The molecule has 30 heavy (non-hydrogen) atoms. The van der Waals surface area contributed by atoms with E-state index in [1.165, 1.54) is 16.7 Å². The molecule has 0 bridgehead atoms. The molecule has 0 atom stereocenters. The molecule has 0 aliphatic carbocycles. The summed E-state index contributed by atoms with van der Waals surface area (Å²) in [5.74, 6) is 0.759. The first-order valence-corrected chi connectivity index (χ1v) is 10.2. The van der Waals surface area contributed by atoms with Crippen LogP contribution in [0.4, 0.5) is 5.82 Å². The van der Waals surface area contributed by atoms with Gasteiger partial charge in [-0.2, -0.15) is 0 Å². The number of anilines is 1. The Labute approximate surface area is 178 Å². The molecule has 4 rings (SSSR count). The van der Waals surface area contributed by atoms with Crippen molar-refractivity contribution in [2.24, 2.45) is 0 Å². The van der Waals surface area contributed by atoms with Gasteiger partial charge in [-0.25, -0.2) is 4.98 Å². The van der Waals surface area contributed by atoms with E-state index in [1.54, 1.807) is 0 Å². The molecule has 1 aromatic heterocycles. The second-order valence-electron chi connectivity index (χ2n) is 7.61. The van der Waals surface area contributed by atoms with E-state index < -0.39 is 0 Å². The smallest absolute Gasteiger partial charge is 0.127 e. The number of hydrogen-bond donors (Lipinski definition) is 2. The van der Waals surface area contributed by atoms with Crippen molar-refractivity contribution in [1.29, 1.82) is 0 Å². The van der Waals surface area contributed by atoms with Crippen LogP contribution in [-0.4, -0.2) is 10.1 Å². The van der Waals surface area contributed by atoms with Crippen molar-refractivity contribution in [2.45, 2.75) is 27.0 Å². The Morgan fingerprint density at radius 1 is 0.767 bits per heavy atom. The van der Waals surface area contributed by atoms with Crippen LogP contribution in [0.5, 0.6) is 0 Å². The maximum atomic E-state index is 10.2. The van der Waals surface area contributed by atoms with Gasteiger partial charge >= 0.3 is 0 Å². The Balaban J connectivity index is 1.81. The van der Waals surface area contributed by atoms with Crippen molar-refractivity contribution >= 4 is 5.82 Å². The number of aliphatic hydroxyl groups excluding tert-OH is 1. The lowest BCUT2D eigenvalue weighted by atomic mass is 9.92. The summed E-state index contributed by atoms with van der Waals surface area (Å²) in [6.07, 6.45) is 0. The van der Waals surface area contributed by atoms with Gasteiger partial charge in [-0.05, 0) is 42.2 Å². The molecular formula is C27H26N2O. The molecule has 2 N–H and O–H groups in total. The second kappa shape index (κ2) is 8.93. The van der Waals surface area contributed by atoms with Gasteiger partial charge in [0.05, 0.1) is 12.3 Å². The third kappa shape index (κ3) is 4.42. The first-order valence-electron chi connectivity index (χ1n) is 10.2. The average Bonchev–Trinajstić information content (AvgIpc) is 2.79. The Hall–Kier alpha value is -3.43. The maximum Gasteiger partial charge on any atom is 0.127 e. The Bertz CT molecular complexity index is 1120. The minimum atomic E-state index is -0.122. The summed E-state index contributed by atoms with van der Waals surface area (Å²) in [4.78, 5) is 4.75. The highest BCUT2D eigenvalue weighted by Gasteiger charge is 2.16. The Kier molecular flexibility index (Phi) is 5.92. The van der Waals surface area contributed by atoms with Crippen LogP contribution in [0, 0.1) is 13.8 Å². The van der Waals surface area contributed by atoms with Gasteiger partial charge in [0, 0.05) is 12.1 Å². The number of nitrogens with one attached hydrogen (secondary N) is 1. The summed E-state index contributed by atoms with van der Waals surface area (Å²) in [6, 6.07) is 29.2. The fourth-order valence-corrected chi connectivity index (χ4v) is 3.59. The summed E-state index contributed by atoms with van der Waals surface area (Å²) < 4.78 is 0. The van der Waals surface area contributed by atoms with Crippen molar-refractivity contribution in [3.63, 3.8) is 0 Å². The van der Waals surface area contributed by atoms with Crippen molar-refractivity contribution in [1.82, 2.24) is 4.98 Å². The summed E-state index contributed by atoms with van der Waals surface area (Å²) in [5.41, 5.74) is 8.49. The highest BCUT2D eigenvalue weighted by molar-refractivity contribution is 5.86. The highest BCUT2D eigenvalue weighted by atomic mass is 16.3. The molecule has 0 spiro atoms. The normalized spacial score (nSPS) is 10.8. The monoisotopic (exact) mass is 394 g/mol. The lowest BCUT2D eigenvalue weighted by Crippen LogP contribution is -2.05. The van der Waals surface area contributed by atoms with E-state index in [2.05, 4.69) is 85.9 Å². The number of pyridine rings is 1. The molecule has 0 fully saturated rings. The predicted molar refractivity (Wildman–Crippen MR) is 124 cm³/mol. The highest BCUT2D eigenvalue weighted by Crippen LogP contribution is 2.36. The van der Waals surface area contributed by atoms with Crippen LogP contribution in [0.1, 0.15) is 22.4 Å². The quantitative estimate of drug-likeness (QED) is 0.413. The first kappa shape index (κ1) is 19.9. The zero-order valence-electron chi connectivity index (χ0n) is 17.4. The lowest BCUT2D eigenvalue weighted by Gasteiger charge is -2.17. The number of hydrogen-bond acceptors (Lipinski definition) is 3. The van der Waals surface area contributed by atoms with Crippen LogP contribution < -0.4 is 5.32 Å². The molecule has 0 saturated carbocycles. The van der Waals surface area contributed by atoms with Crippen LogP contribution in [0.2, 0.25) is 0 Å². The van der Waals surface area contributed by atoms with E-state index >= 15 is 0 Å². The summed E-state index contributed by atoms with van der Waals surface area (Å²) in [6.45, 7) is 4.72. The van der Waals surface area contributed by atoms with Gasteiger partial charge in [-0.15, -0.1) is 0 Å². The molecule has 0 saturated heterocycles. The number of aliphatic hydroxyl groups is 1. The number of nitrogens with zero attached hydrogens (tertiary/aromatic N) is 1. The van der Waals surface area contributed by atoms with Crippen LogP contribution in [0.15, 0.2) is 84.9 Å². The molecule has 3 heteroatoms. The molecule has 3 nitrogen and oxygen atoms in total. The first-order chi connectivity index (χ1) is 14.6. The van der Waals surface area contributed by atoms with Crippen molar-refractivity contribution in [3.05, 3.63) is 107 Å². The SMILES string of the molecule is Cc1ccc(-c2cc(NCc3ccccc3)nc(CO)c2-c2ccc(C)cc2)cc1. The van der Waals surface area contributed by atoms with Crippen molar-refractivity contribution in [2.75, 3.05) is 5.32 Å². The maximum absolute atomic E-state index is 10.2. The molecule has 0 unspecified atom stereocenters. The van der Waals surface area contributed by atoms with E-state index in [9.17, 15) is 5.11 Å². The molecule has 3 aromatic carbocycles. The third-order valence-corrected chi connectivity index (χ3v) is 5.26. The van der Waals surface area contributed by atoms with Crippen molar-refractivity contribution in [3.8, 4) is 22.3 Å². The zero-order chi connectivity index (χ0) is 20.9.